The molecule has 0 radical (unpaired) electrons. The van der Waals surface area contributed by atoms with E-state index in [1.807, 2.05) is 0 Å². The summed E-state index contributed by atoms with van der Waals surface area (Å²) in [4.78, 5) is 28.5. The second kappa shape index (κ2) is 5.47. The maximum Gasteiger partial charge on any atom is 0.406 e. The lowest BCUT2D eigenvalue weighted by Gasteiger charge is -2.19. The van der Waals surface area contributed by atoms with Gasteiger partial charge in [0.2, 0.25) is 5.91 Å². The van der Waals surface area contributed by atoms with Gasteiger partial charge in [0.1, 0.15) is 17.8 Å². The molecular weight excluding hydrogens is 307 g/mol. The van der Waals surface area contributed by atoms with Crippen LogP contribution in [0.4, 0.5) is 13.2 Å². The van der Waals surface area contributed by atoms with Crippen molar-refractivity contribution in [3.8, 4) is 0 Å². The molecule has 0 spiro atoms. The normalized spacial score (nSPS) is 11.9. The number of carbonyl (C=O) groups is 1. The van der Waals surface area contributed by atoms with E-state index in [9.17, 15) is 22.8 Å². The minimum Gasteiger partial charge on any atom is -0.335 e. The first-order valence-electron chi connectivity index (χ1n) is 5.93. The van der Waals surface area contributed by atoms with Crippen molar-refractivity contribution in [2.45, 2.75) is 19.6 Å². The number of alkyl halides is 3. The van der Waals surface area contributed by atoms with Crippen molar-refractivity contribution >= 4 is 27.5 Å². The minimum absolute atomic E-state index is 0.390. The molecular formula is C12H12F3N3O2S. The van der Waals surface area contributed by atoms with Crippen LogP contribution < -0.4 is 5.56 Å². The minimum atomic E-state index is -4.47. The molecule has 0 N–H and O–H groups in total. The number of halogens is 3. The van der Waals surface area contributed by atoms with E-state index in [0.717, 1.165) is 17.2 Å². The van der Waals surface area contributed by atoms with Crippen LogP contribution in [0, 0.1) is 6.92 Å². The molecule has 2 aromatic heterocycles. The molecule has 0 bridgehead atoms. The lowest BCUT2D eigenvalue weighted by atomic mass is 10.3. The first kappa shape index (κ1) is 15.5. The van der Waals surface area contributed by atoms with Gasteiger partial charge in [0, 0.05) is 7.05 Å². The van der Waals surface area contributed by atoms with Crippen LogP contribution in [0.25, 0.3) is 10.2 Å². The molecule has 2 rings (SSSR count). The highest BCUT2D eigenvalue weighted by atomic mass is 32.1. The monoisotopic (exact) mass is 319 g/mol. The van der Waals surface area contributed by atoms with Crippen molar-refractivity contribution in [1.29, 1.82) is 0 Å². The summed E-state index contributed by atoms with van der Waals surface area (Å²) in [5, 5.41) is 1.76. The van der Waals surface area contributed by atoms with Crippen molar-refractivity contribution in [2.75, 3.05) is 13.6 Å². The van der Waals surface area contributed by atoms with Crippen LogP contribution >= 0.6 is 11.3 Å². The predicted octanol–water partition coefficient (Wildman–Crippen LogP) is 1.79. The highest BCUT2D eigenvalue weighted by Gasteiger charge is 2.31. The second-order valence-electron chi connectivity index (χ2n) is 4.64. The summed E-state index contributed by atoms with van der Waals surface area (Å²) in [6.45, 7) is -0.0163. The van der Waals surface area contributed by atoms with E-state index < -0.39 is 30.7 Å². The van der Waals surface area contributed by atoms with Gasteiger partial charge in [-0.3, -0.25) is 14.2 Å². The first-order chi connectivity index (χ1) is 9.69. The van der Waals surface area contributed by atoms with Gasteiger partial charge in [-0.2, -0.15) is 13.2 Å². The molecule has 0 aliphatic carbocycles. The second-order valence-corrected chi connectivity index (χ2v) is 5.52. The average Bonchev–Trinajstić information content (AvgIpc) is 2.73. The Kier molecular flexibility index (Phi) is 4.04. The third kappa shape index (κ3) is 3.41. The van der Waals surface area contributed by atoms with Gasteiger partial charge in [-0.15, -0.1) is 11.3 Å². The number of hydrogen-bond donors (Lipinski definition) is 0. The number of aromatic nitrogens is 2. The molecule has 0 unspecified atom stereocenters. The number of rotatable bonds is 3. The average molecular weight is 319 g/mol. The van der Waals surface area contributed by atoms with Gasteiger partial charge in [-0.25, -0.2) is 4.98 Å². The number of nitrogens with zero attached hydrogens (tertiary/aromatic N) is 3. The highest BCUT2D eigenvalue weighted by molar-refractivity contribution is 7.17. The molecule has 0 saturated carbocycles. The summed E-state index contributed by atoms with van der Waals surface area (Å²) in [5.74, 6) is -0.802. The standard InChI is InChI=1S/C12H12F3N3O2S/c1-7-4-21-10-9(7)16-6-18(11(10)20)3-8(19)17(2)5-12(13,14)15/h4,6H,3,5H2,1-2H3. The molecule has 9 heteroatoms. The lowest BCUT2D eigenvalue weighted by molar-refractivity contribution is -0.158. The van der Waals surface area contributed by atoms with Gasteiger partial charge in [0.15, 0.2) is 0 Å². The Hall–Kier alpha value is -1.90. The Morgan fingerprint density at radius 2 is 2.14 bits per heavy atom. The number of likely N-dealkylation sites (N-methyl/N-ethyl adjacent to an activating group) is 1. The SMILES string of the molecule is Cc1csc2c(=O)n(CC(=O)N(C)CC(F)(F)F)cnc12. The molecule has 0 saturated heterocycles. The molecule has 0 aliphatic rings. The molecule has 2 aromatic rings. The number of hydrogen-bond acceptors (Lipinski definition) is 4. The zero-order valence-electron chi connectivity index (χ0n) is 11.3. The van der Waals surface area contributed by atoms with Crippen LogP contribution in [0.5, 0.6) is 0 Å². The zero-order valence-corrected chi connectivity index (χ0v) is 12.1. The molecule has 5 nitrogen and oxygen atoms in total. The first-order valence-corrected chi connectivity index (χ1v) is 6.81. The molecule has 2 heterocycles. The molecule has 1 amide bonds. The molecule has 21 heavy (non-hydrogen) atoms. The predicted molar refractivity (Wildman–Crippen MR) is 72.3 cm³/mol. The van der Waals surface area contributed by atoms with Crippen molar-refractivity contribution < 1.29 is 18.0 Å². The lowest BCUT2D eigenvalue weighted by Crippen LogP contribution is -2.39. The maximum atomic E-state index is 12.2. The maximum absolute atomic E-state index is 12.2. The van der Waals surface area contributed by atoms with E-state index in [4.69, 9.17) is 0 Å². The van der Waals surface area contributed by atoms with Crippen LogP contribution in [0.2, 0.25) is 0 Å². The van der Waals surface area contributed by atoms with Crippen LogP contribution in [-0.4, -0.2) is 40.1 Å². The molecule has 0 aromatic carbocycles. The summed E-state index contributed by atoms with van der Waals surface area (Å²) in [7, 11) is 1.04. The number of fused-ring (bicyclic) bond motifs is 1. The number of carbonyl (C=O) groups excluding carboxylic acids is 1. The van der Waals surface area contributed by atoms with Gasteiger partial charge in [0.05, 0.1) is 11.8 Å². The number of aryl methyl sites for hydroxylation is 1. The summed E-state index contributed by atoms with van der Waals surface area (Å²) in [6.07, 6.45) is -3.29. The molecule has 0 atom stereocenters. The molecule has 0 aliphatic heterocycles. The van der Waals surface area contributed by atoms with E-state index in [-0.39, 0.29) is 0 Å². The fourth-order valence-corrected chi connectivity index (χ4v) is 2.75. The third-order valence-electron chi connectivity index (χ3n) is 2.87. The van der Waals surface area contributed by atoms with Crippen LogP contribution in [0.3, 0.4) is 0 Å². The third-order valence-corrected chi connectivity index (χ3v) is 3.95. The van der Waals surface area contributed by atoms with E-state index in [1.54, 1.807) is 12.3 Å². The molecule has 0 fully saturated rings. The van der Waals surface area contributed by atoms with E-state index in [2.05, 4.69) is 4.98 Å². The number of amides is 1. The fraction of sp³-hybridized carbons (Fsp3) is 0.417. The molecule has 114 valence electrons. The summed E-state index contributed by atoms with van der Waals surface area (Å²) < 4.78 is 38.1. The zero-order chi connectivity index (χ0) is 15.8. The van der Waals surface area contributed by atoms with E-state index in [0.29, 0.717) is 15.1 Å². The summed E-state index contributed by atoms with van der Waals surface area (Å²) in [6, 6.07) is 0. The van der Waals surface area contributed by atoms with Gasteiger partial charge >= 0.3 is 6.18 Å². The Morgan fingerprint density at radius 1 is 1.48 bits per heavy atom. The van der Waals surface area contributed by atoms with Crippen molar-refractivity contribution in [1.82, 2.24) is 14.5 Å². The Bertz CT molecular complexity index is 735. The Balaban J connectivity index is 2.22. The highest BCUT2D eigenvalue weighted by Crippen LogP contribution is 2.19. The van der Waals surface area contributed by atoms with Crippen molar-refractivity contribution in [3.05, 3.63) is 27.6 Å². The van der Waals surface area contributed by atoms with Crippen molar-refractivity contribution in [2.24, 2.45) is 0 Å². The quantitative estimate of drug-likeness (QED) is 0.867. The van der Waals surface area contributed by atoms with Crippen LogP contribution in [0.1, 0.15) is 5.56 Å². The van der Waals surface area contributed by atoms with Crippen LogP contribution in [0.15, 0.2) is 16.5 Å². The smallest absolute Gasteiger partial charge is 0.335 e. The topological polar surface area (TPSA) is 55.2 Å². The number of thiophene rings is 1. The van der Waals surface area contributed by atoms with Gasteiger partial charge in [-0.1, -0.05) is 0 Å². The van der Waals surface area contributed by atoms with Gasteiger partial charge in [0.25, 0.3) is 5.56 Å². The van der Waals surface area contributed by atoms with Crippen LogP contribution in [-0.2, 0) is 11.3 Å². The summed E-state index contributed by atoms with van der Waals surface area (Å²) in [5.41, 5.74) is 0.976. The van der Waals surface area contributed by atoms with Gasteiger partial charge in [-0.05, 0) is 17.9 Å². The van der Waals surface area contributed by atoms with Gasteiger partial charge < -0.3 is 4.90 Å². The van der Waals surface area contributed by atoms with E-state index >= 15 is 0 Å². The largest absolute Gasteiger partial charge is 0.406 e. The van der Waals surface area contributed by atoms with Crippen molar-refractivity contribution in [3.63, 3.8) is 0 Å². The Labute approximate surface area is 121 Å². The Morgan fingerprint density at radius 3 is 2.76 bits per heavy atom. The fourth-order valence-electron chi connectivity index (χ4n) is 1.80. The summed E-state index contributed by atoms with van der Waals surface area (Å²) >= 11 is 1.20. The van der Waals surface area contributed by atoms with E-state index in [1.165, 1.54) is 17.7 Å².